The lowest BCUT2D eigenvalue weighted by Gasteiger charge is -2.26. The van der Waals surface area contributed by atoms with Crippen LogP contribution in [-0.4, -0.2) is 42.7 Å². The van der Waals surface area contributed by atoms with Crippen molar-refractivity contribution in [1.82, 2.24) is 29.6 Å². The molecule has 1 fully saturated rings. The van der Waals surface area contributed by atoms with E-state index in [0.29, 0.717) is 6.42 Å². The smallest absolute Gasteiger partial charge is 0.141 e. The normalized spacial score (nSPS) is 18.5. The maximum Gasteiger partial charge on any atom is 0.141 e. The van der Waals surface area contributed by atoms with Gasteiger partial charge in [0.05, 0.1) is 36.0 Å². The molecule has 36 heavy (non-hydrogen) atoms. The molecule has 0 unspecified atom stereocenters. The second-order valence-corrected chi connectivity index (χ2v) is 10.1. The van der Waals surface area contributed by atoms with Gasteiger partial charge in [0.15, 0.2) is 0 Å². The number of allylic oxidation sites excluding steroid dienone is 3. The summed E-state index contributed by atoms with van der Waals surface area (Å²) >= 11 is 1.67. The highest BCUT2D eigenvalue weighted by Crippen LogP contribution is 2.38. The van der Waals surface area contributed by atoms with Crippen LogP contribution in [0.3, 0.4) is 0 Å². The summed E-state index contributed by atoms with van der Waals surface area (Å²) < 4.78 is 1.94. The Balaban J connectivity index is 1.28. The van der Waals surface area contributed by atoms with Crippen LogP contribution in [0.25, 0.3) is 33.9 Å². The molecule has 4 aromatic heterocycles. The molecular formula is C27H24N8S. The molecule has 1 aliphatic carbocycles. The Labute approximate surface area is 212 Å². The molecule has 0 aromatic carbocycles. The molecule has 9 heteroatoms. The van der Waals surface area contributed by atoms with E-state index in [-0.39, 0.29) is 12.0 Å². The van der Waals surface area contributed by atoms with Gasteiger partial charge >= 0.3 is 0 Å². The molecule has 0 radical (unpaired) electrons. The van der Waals surface area contributed by atoms with Crippen LogP contribution >= 0.6 is 11.3 Å². The highest BCUT2D eigenvalue weighted by atomic mass is 32.1. The minimum atomic E-state index is -0.0476. The van der Waals surface area contributed by atoms with Crippen LogP contribution < -0.4 is 0 Å². The Morgan fingerprint density at radius 2 is 2.19 bits per heavy atom. The minimum Gasteiger partial charge on any atom is -0.373 e. The van der Waals surface area contributed by atoms with E-state index in [1.807, 2.05) is 29.3 Å². The molecule has 178 valence electrons. The highest BCUT2D eigenvalue weighted by Gasteiger charge is 2.33. The third-order valence-corrected chi connectivity index (χ3v) is 8.08. The summed E-state index contributed by atoms with van der Waals surface area (Å²) in [5, 5.41) is 27.4. The number of likely N-dealkylation sites (tertiary alicyclic amines) is 1. The van der Waals surface area contributed by atoms with E-state index in [2.05, 4.69) is 60.7 Å². The number of aromatic amines is 1. The summed E-state index contributed by atoms with van der Waals surface area (Å²) in [4.78, 5) is 15.4. The number of nitriles is 2. The van der Waals surface area contributed by atoms with E-state index in [0.717, 1.165) is 76.4 Å². The molecule has 6 rings (SSSR count). The number of rotatable bonds is 5. The summed E-state index contributed by atoms with van der Waals surface area (Å²) in [6.45, 7) is 1.68. The number of hydrogen-bond acceptors (Lipinski definition) is 7. The van der Waals surface area contributed by atoms with Gasteiger partial charge in [-0.15, -0.1) is 11.3 Å². The molecule has 1 aliphatic heterocycles. The van der Waals surface area contributed by atoms with Gasteiger partial charge in [0.2, 0.25) is 0 Å². The second kappa shape index (κ2) is 9.44. The summed E-state index contributed by atoms with van der Waals surface area (Å²) in [7, 11) is 0. The van der Waals surface area contributed by atoms with Crippen LogP contribution in [0.2, 0.25) is 0 Å². The summed E-state index contributed by atoms with van der Waals surface area (Å²) in [5.74, 6) is 0.255. The van der Waals surface area contributed by atoms with Gasteiger partial charge in [-0.05, 0) is 42.9 Å². The van der Waals surface area contributed by atoms with Crippen LogP contribution in [-0.2, 0) is 0 Å². The van der Waals surface area contributed by atoms with E-state index in [1.165, 1.54) is 0 Å². The summed E-state index contributed by atoms with van der Waals surface area (Å²) in [6.07, 6.45) is 14.7. The van der Waals surface area contributed by atoms with E-state index >= 15 is 0 Å². The van der Waals surface area contributed by atoms with Crippen molar-refractivity contribution in [2.24, 2.45) is 5.92 Å². The predicted octanol–water partition coefficient (Wildman–Crippen LogP) is 5.40. The third-order valence-electron chi connectivity index (χ3n) is 7.20. The lowest BCUT2D eigenvalue weighted by atomic mass is 9.96. The zero-order valence-corrected chi connectivity index (χ0v) is 20.4. The molecular weight excluding hydrogens is 468 g/mol. The first-order valence-electron chi connectivity index (χ1n) is 12.1. The van der Waals surface area contributed by atoms with Crippen molar-refractivity contribution in [3.63, 3.8) is 0 Å². The van der Waals surface area contributed by atoms with E-state index in [4.69, 9.17) is 0 Å². The largest absolute Gasteiger partial charge is 0.373 e. The van der Waals surface area contributed by atoms with Gasteiger partial charge in [0.25, 0.3) is 0 Å². The van der Waals surface area contributed by atoms with Crippen molar-refractivity contribution in [1.29, 1.82) is 10.5 Å². The molecule has 0 spiro atoms. The molecule has 5 heterocycles. The van der Waals surface area contributed by atoms with Gasteiger partial charge in [-0.2, -0.15) is 15.6 Å². The molecule has 0 amide bonds. The number of H-pyrrole nitrogens is 1. The Hall–Kier alpha value is -4.21. The number of thiophene rings is 1. The Kier molecular flexibility index (Phi) is 5.84. The first kappa shape index (κ1) is 22.3. The average molecular weight is 493 g/mol. The topological polar surface area (TPSA) is 110 Å². The number of fused-ring (bicyclic) bond motifs is 2. The summed E-state index contributed by atoms with van der Waals surface area (Å²) in [6, 6.07) is 8.85. The van der Waals surface area contributed by atoms with Gasteiger partial charge in [-0.3, -0.25) is 4.68 Å². The van der Waals surface area contributed by atoms with Crippen molar-refractivity contribution < 1.29 is 0 Å². The maximum absolute atomic E-state index is 10.1. The quantitative estimate of drug-likeness (QED) is 0.399. The molecule has 4 aromatic rings. The van der Waals surface area contributed by atoms with E-state index in [9.17, 15) is 10.5 Å². The monoisotopic (exact) mass is 492 g/mol. The van der Waals surface area contributed by atoms with Gasteiger partial charge in [0, 0.05) is 58.5 Å². The number of aromatic nitrogens is 5. The molecule has 8 nitrogen and oxygen atoms in total. The summed E-state index contributed by atoms with van der Waals surface area (Å²) in [5.41, 5.74) is 5.46. The first-order chi connectivity index (χ1) is 17.8. The molecule has 2 aliphatic rings. The first-order valence-corrected chi connectivity index (χ1v) is 13.0. The maximum atomic E-state index is 10.1. The van der Waals surface area contributed by atoms with Crippen LogP contribution in [0, 0.1) is 28.6 Å². The fourth-order valence-electron chi connectivity index (χ4n) is 5.45. The molecule has 0 saturated carbocycles. The Morgan fingerprint density at radius 3 is 3.08 bits per heavy atom. The molecule has 2 atom stereocenters. The van der Waals surface area contributed by atoms with Crippen molar-refractivity contribution in [2.75, 3.05) is 13.1 Å². The van der Waals surface area contributed by atoms with Crippen molar-refractivity contribution in [2.45, 2.75) is 31.7 Å². The number of nitrogens with one attached hydrogen (secondary N) is 1. The molecule has 0 bridgehead atoms. The van der Waals surface area contributed by atoms with Crippen molar-refractivity contribution in [3.05, 3.63) is 64.6 Å². The van der Waals surface area contributed by atoms with Crippen LogP contribution in [0.15, 0.2) is 54.2 Å². The van der Waals surface area contributed by atoms with Crippen LogP contribution in [0.4, 0.5) is 0 Å². The number of nitrogens with zero attached hydrogens (tertiary/aromatic N) is 7. The van der Waals surface area contributed by atoms with Gasteiger partial charge in [0.1, 0.15) is 18.0 Å². The van der Waals surface area contributed by atoms with E-state index < -0.39 is 0 Å². The second-order valence-electron chi connectivity index (χ2n) is 9.17. The molecule has 1 N–H and O–H groups in total. The Morgan fingerprint density at radius 1 is 1.25 bits per heavy atom. The van der Waals surface area contributed by atoms with Gasteiger partial charge < -0.3 is 9.88 Å². The standard InChI is InChI=1S/C27H24N8S/c28-9-5-23(35-16-19(14-33-35)26-21-6-10-30-27(21)32-17-31-26)18-7-11-34(15-18)24-3-1-2-4-25-20(8-12-36-25)22(24)13-29/h2,4,6,8,10,12,14,16-18,23H,1,3,5,7,11,15H2,(H,30,31,32)/t18-,23-/m0/s1. The van der Waals surface area contributed by atoms with Gasteiger partial charge in [-0.25, -0.2) is 9.97 Å². The molecule has 1 saturated heterocycles. The minimum absolute atomic E-state index is 0.0476. The van der Waals surface area contributed by atoms with E-state index in [1.54, 1.807) is 17.7 Å². The zero-order valence-electron chi connectivity index (χ0n) is 19.6. The van der Waals surface area contributed by atoms with Crippen LogP contribution in [0.1, 0.15) is 42.2 Å². The Bertz CT molecular complexity index is 1560. The van der Waals surface area contributed by atoms with Gasteiger partial charge in [-0.1, -0.05) is 6.08 Å². The lowest BCUT2D eigenvalue weighted by Crippen LogP contribution is -2.25. The fourth-order valence-corrected chi connectivity index (χ4v) is 6.27. The highest BCUT2D eigenvalue weighted by molar-refractivity contribution is 7.11. The van der Waals surface area contributed by atoms with Crippen molar-refractivity contribution in [3.8, 4) is 23.4 Å². The third kappa shape index (κ3) is 3.88. The van der Waals surface area contributed by atoms with Crippen molar-refractivity contribution >= 4 is 34.0 Å². The number of hydrogen-bond donors (Lipinski definition) is 1. The fraction of sp³-hybridized carbons (Fsp3) is 0.296. The predicted molar refractivity (Wildman–Crippen MR) is 139 cm³/mol. The SMILES string of the molecule is N#CC[C@@H]([C@H]1CCN(C2=C(C#N)c3ccsc3C=CCC2)C1)n1cc(-c2ncnc3[nH]ccc23)cn1. The lowest BCUT2D eigenvalue weighted by molar-refractivity contribution is 0.301. The average Bonchev–Trinajstić information content (AvgIpc) is 3.69. The van der Waals surface area contributed by atoms with Crippen LogP contribution in [0.5, 0.6) is 0 Å². The zero-order chi connectivity index (χ0) is 24.5.